The summed E-state index contributed by atoms with van der Waals surface area (Å²) >= 11 is 1.51. The number of fused-ring (bicyclic) bond motifs is 1. The van der Waals surface area contributed by atoms with Gasteiger partial charge < -0.3 is 15.4 Å². The first kappa shape index (κ1) is 14.5. The number of aromatic nitrogens is 2. The van der Waals surface area contributed by atoms with E-state index in [4.69, 9.17) is 5.11 Å². The molecule has 0 amide bonds. The van der Waals surface area contributed by atoms with Gasteiger partial charge in [-0.05, 0) is 30.3 Å². The number of rotatable bonds is 4. The number of para-hydroxylation sites is 1. The van der Waals surface area contributed by atoms with Crippen LogP contribution in [0.4, 0.5) is 10.8 Å². The second kappa shape index (κ2) is 5.82. The largest absolute Gasteiger partial charge is 0.478 e. The van der Waals surface area contributed by atoms with E-state index in [2.05, 4.69) is 21.4 Å². The molecule has 3 N–H and O–H groups in total. The third-order valence-corrected chi connectivity index (χ3v) is 4.51. The molecule has 4 rings (SSSR count). The highest BCUT2D eigenvalue weighted by Crippen LogP contribution is 2.31. The molecule has 0 aliphatic carbocycles. The Bertz CT molecular complexity index is 1020. The standard InChI is InChI=1S/C18H13N3O2S/c22-17(23)11-5-7-12(8-6-11)20-18-21-16(10-24-18)14-9-19-15-4-2-1-3-13(14)15/h1-10,19H,(H,20,21)(H,22,23). The summed E-state index contributed by atoms with van der Waals surface area (Å²) < 4.78 is 0. The van der Waals surface area contributed by atoms with Crippen molar-refractivity contribution in [2.24, 2.45) is 0 Å². The summed E-state index contributed by atoms with van der Waals surface area (Å²) in [6.45, 7) is 0. The molecule has 24 heavy (non-hydrogen) atoms. The number of H-pyrrole nitrogens is 1. The number of hydrogen-bond donors (Lipinski definition) is 3. The van der Waals surface area contributed by atoms with Crippen LogP contribution in [0, 0.1) is 0 Å². The number of carboxylic acid groups (broad SMARTS) is 1. The summed E-state index contributed by atoms with van der Waals surface area (Å²) in [4.78, 5) is 18.8. The Morgan fingerprint density at radius 3 is 2.71 bits per heavy atom. The van der Waals surface area contributed by atoms with Crippen LogP contribution < -0.4 is 5.32 Å². The first-order chi connectivity index (χ1) is 11.7. The van der Waals surface area contributed by atoms with Crippen LogP contribution in [0.2, 0.25) is 0 Å². The molecule has 0 spiro atoms. The smallest absolute Gasteiger partial charge is 0.335 e. The zero-order valence-electron chi connectivity index (χ0n) is 12.5. The summed E-state index contributed by atoms with van der Waals surface area (Å²) in [5.74, 6) is -0.933. The molecular weight excluding hydrogens is 322 g/mol. The number of thiazole rings is 1. The number of carbonyl (C=O) groups is 1. The van der Waals surface area contributed by atoms with Crippen LogP contribution >= 0.6 is 11.3 Å². The number of aromatic amines is 1. The number of carboxylic acids is 1. The second-order valence-electron chi connectivity index (χ2n) is 5.29. The van der Waals surface area contributed by atoms with Crippen LogP contribution in [0.3, 0.4) is 0 Å². The Morgan fingerprint density at radius 2 is 1.92 bits per heavy atom. The molecule has 0 saturated carbocycles. The lowest BCUT2D eigenvalue weighted by Gasteiger charge is -2.02. The van der Waals surface area contributed by atoms with E-state index >= 15 is 0 Å². The second-order valence-corrected chi connectivity index (χ2v) is 6.15. The van der Waals surface area contributed by atoms with Gasteiger partial charge in [0, 0.05) is 33.7 Å². The monoisotopic (exact) mass is 335 g/mol. The highest BCUT2D eigenvalue weighted by molar-refractivity contribution is 7.14. The van der Waals surface area contributed by atoms with Gasteiger partial charge in [-0.1, -0.05) is 18.2 Å². The van der Waals surface area contributed by atoms with E-state index < -0.39 is 5.97 Å². The molecular formula is C18H13N3O2S. The van der Waals surface area contributed by atoms with Crippen molar-refractivity contribution in [3.63, 3.8) is 0 Å². The third kappa shape index (κ3) is 2.63. The highest BCUT2D eigenvalue weighted by atomic mass is 32.1. The Labute approximate surface area is 141 Å². The van der Waals surface area contributed by atoms with Crippen molar-refractivity contribution in [1.82, 2.24) is 9.97 Å². The average molecular weight is 335 g/mol. The lowest BCUT2D eigenvalue weighted by Crippen LogP contribution is -1.96. The minimum Gasteiger partial charge on any atom is -0.478 e. The van der Waals surface area contributed by atoms with Gasteiger partial charge in [-0.2, -0.15) is 0 Å². The Hall–Kier alpha value is -3.12. The van der Waals surface area contributed by atoms with E-state index in [0.717, 1.165) is 33.0 Å². The van der Waals surface area contributed by atoms with Crippen molar-refractivity contribution in [3.05, 3.63) is 65.7 Å². The van der Waals surface area contributed by atoms with E-state index in [1.165, 1.54) is 11.3 Å². The SMILES string of the molecule is O=C(O)c1ccc(Nc2nc(-c3c[nH]c4ccccc34)cs2)cc1. The van der Waals surface area contributed by atoms with Crippen molar-refractivity contribution in [2.45, 2.75) is 0 Å². The zero-order valence-corrected chi connectivity index (χ0v) is 13.3. The lowest BCUT2D eigenvalue weighted by atomic mass is 10.1. The van der Waals surface area contributed by atoms with Gasteiger partial charge in [-0.3, -0.25) is 0 Å². The van der Waals surface area contributed by atoms with Crippen LogP contribution in [0.25, 0.3) is 22.2 Å². The Kier molecular flexibility index (Phi) is 3.51. The van der Waals surface area contributed by atoms with E-state index in [0.29, 0.717) is 0 Å². The van der Waals surface area contributed by atoms with Crippen molar-refractivity contribution in [2.75, 3.05) is 5.32 Å². The van der Waals surface area contributed by atoms with E-state index in [9.17, 15) is 4.79 Å². The molecule has 0 radical (unpaired) electrons. The average Bonchev–Trinajstić information content (AvgIpc) is 3.22. The number of hydrogen-bond acceptors (Lipinski definition) is 4. The normalized spacial score (nSPS) is 10.8. The minimum atomic E-state index is -0.933. The molecule has 0 saturated heterocycles. The molecule has 2 aromatic heterocycles. The lowest BCUT2D eigenvalue weighted by molar-refractivity contribution is 0.0697. The topological polar surface area (TPSA) is 78.0 Å². The van der Waals surface area contributed by atoms with Crippen molar-refractivity contribution >= 4 is 39.0 Å². The van der Waals surface area contributed by atoms with Gasteiger partial charge in [0.25, 0.3) is 0 Å². The summed E-state index contributed by atoms with van der Waals surface area (Å²) in [7, 11) is 0. The van der Waals surface area contributed by atoms with Crippen LogP contribution in [-0.2, 0) is 0 Å². The fourth-order valence-electron chi connectivity index (χ4n) is 2.56. The van der Waals surface area contributed by atoms with Crippen molar-refractivity contribution in [1.29, 1.82) is 0 Å². The quantitative estimate of drug-likeness (QED) is 0.504. The zero-order chi connectivity index (χ0) is 16.5. The maximum atomic E-state index is 10.9. The van der Waals surface area contributed by atoms with Crippen LogP contribution in [-0.4, -0.2) is 21.0 Å². The van der Waals surface area contributed by atoms with Gasteiger partial charge in [0.15, 0.2) is 5.13 Å². The number of nitrogens with one attached hydrogen (secondary N) is 2. The van der Waals surface area contributed by atoms with Crippen molar-refractivity contribution in [3.8, 4) is 11.3 Å². The molecule has 2 aromatic carbocycles. The summed E-state index contributed by atoms with van der Waals surface area (Å²) in [6.07, 6.45) is 1.96. The Balaban J connectivity index is 1.59. The van der Waals surface area contributed by atoms with Gasteiger partial charge >= 0.3 is 5.97 Å². The minimum absolute atomic E-state index is 0.263. The molecule has 0 bridgehead atoms. The predicted molar refractivity (Wildman–Crippen MR) is 96.1 cm³/mol. The van der Waals surface area contributed by atoms with E-state index in [1.807, 2.05) is 29.8 Å². The van der Waals surface area contributed by atoms with Gasteiger partial charge in [-0.25, -0.2) is 9.78 Å². The number of nitrogens with zero attached hydrogens (tertiary/aromatic N) is 1. The Morgan fingerprint density at radius 1 is 1.12 bits per heavy atom. The highest BCUT2D eigenvalue weighted by Gasteiger charge is 2.10. The van der Waals surface area contributed by atoms with E-state index in [1.54, 1.807) is 24.3 Å². The van der Waals surface area contributed by atoms with Crippen LogP contribution in [0.15, 0.2) is 60.1 Å². The maximum Gasteiger partial charge on any atom is 0.335 e. The first-order valence-electron chi connectivity index (χ1n) is 7.33. The van der Waals surface area contributed by atoms with Gasteiger partial charge in [0.05, 0.1) is 11.3 Å². The summed E-state index contributed by atoms with van der Waals surface area (Å²) in [6, 6.07) is 14.7. The molecule has 5 nitrogen and oxygen atoms in total. The fraction of sp³-hybridized carbons (Fsp3) is 0. The fourth-order valence-corrected chi connectivity index (χ4v) is 3.29. The molecule has 4 aromatic rings. The molecule has 2 heterocycles. The van der Waals surface area contributed by atoms with Gasteiger partial charge in [-0.15, -0.1) is 11.3 Å². The molecule has 0 unspecified atom stereocenters. The summed E-state index contributed by atoms with van der Waals surface area (Å²) in [5.41, 5.74) is 4.12. The molecule has 118 valence electrons. The van der Waals surface area contributed by atoms with E-state index in [-0.39, 0.29) is 5.56 Å². The van der Waals surface area contributed by atoms with Crippen LogP contribution in [0.5, 0.6) is 0 Å². The van der Waals surface area contributed by atoms with Gasteiger partial charge in [0.1, 0.15) is 0 Å². The molecule has 0 atom stereocenters. The third-order valence-electron chi connectivity index (χ3n) is 3.75. The predicted octanol–water partition coefficient (Wildman–Crippen LogP) is 4.73. The first-order valence-corrected chi connectivity index (χ1v) is 8.21. The van der Waals surface area contributed by atoms with Crippen LogP contribution in [0.1, 0.15) is 10.4 Å². The number of anilines is 2. The maximum absolute atomic E-state index is 10.9. The summed E-state index contributed by atoms with van der Waals surface area (Å²) in [5, 5.41) is 16.0. The number of benzene rings is 2. The number of aromatic carboxylic acids is 1. The van der Waals surface area contributed by atoms with Crippen molar-refractivity contribution < 1.29 is 9.90 Å². The van der Waals surface area contributed by atoms with Gasteiger partial charge in [0.2, 0.25) is 0 Å². The molecule has 0 fully saturated rings. The molecule has 0 aliphatic rings. The molecule has 0 aliphatic heterocycles. The molecule has 6 heteroatoms.